The van der Waals surface area contributed by atoms with E-state index in [4.69, 9.17) is 18.9 Å². The molecule has 1 aromatic carbocycles. The Bertz CT molecular complexity index is 400. The van der Waals surface area contributed by atoms with Crippen LogP contribution in [0.15, 0.2) is 35.2 Å². The van der Waals surface area contributed by atoms with Crippen LogP contribution in [0.3, 0.4) is 0 Å². The van der Waals surface area contributed by atoms with Gasteiger partial charge in [0.2, 0.25) is 0 Å². The minimum absolute atomic E-state index is 0.0439. The van der Waals surface area contributed by atoms with E-state index >= 15 is 0 Å². The van der Waals surface area contributed by atoms with Gasteiger partial charge in [-0.1, -0.05) is 30.0 Å². The van der Waals surface area contributed by atoms with Crippen molar-refractivity contribution in [1.29, 1.82) is 0 Å². The van der Waals surface area contributed by atoms with Gasteiger partial charge in [-0.3, -0.25) is 0 Å². The maximum absolute atomic E-state index is 6.06. The second-order valence-corrected chi connectivity index (χ2v) is 5.91. The van der Waals surface area contributed by atoms with Crippen molar-refractivity contribution >= 4 is 11.8 Å². The van der Waals surface area contributed by atoms with Gasteiger partial charge in [0.05, 0.1) is 6.10 Å². The third-order valence-corrected chi connectivity index (χ3v) is 4.70. The molecule has 5 atom stereocenters. The Hall–Kier alpha value is -0.590. The van der Waals surface area contributed by atoms with Crippen LogP contribution in [0.1, 0.15) is 6.92 Å². The van der Waals surface area contributed by atoms with Gasteiger partial charge in [-0.15, -0.1) is 0 Å². The van der Waals surface area contributed by atoms with E-state index in [1.54, 1.807) is 33.1 Å². The summed E-state index contributed by atoms with van der Waals surface area (Å²) in [6.07, 6.45) is -0.489. The van der Waals surface area contributed by atoms with Crippen molar-refractivity contribution < 1.29 is 18.9 Å². The standard InChI is InChI=1S/C15H22O4S/c1-10-12(16-2)13(17-3)14(18-4)15(19-10)20-11-8-6-5-7-9-11/h5-10,12-15H,1-4H3/t10-,12+,13+,14+,15+/m0/s1. The average molecular weight is 298 g/mol. The van der Waals surface area contributed by atoms with E-state index in [-0.39, 0.29) is 29.9 Å². The van der Waals surface area contributed by atoms with Crippen LogP contribution in [0.4, 0.5) is 0 Å². The quantitative estimate of drug-likeness (QED) is 0.835. The molecule has 4 nitrogen and oxygen atoms in total. The number of thioether (sulfide) groups is 1. The highest BCUT2D eigenvalue weighted by atomic mass is 32.2. The number of ether oxygens (including phenoxy) is 4. The van der Waals surface area contributed by atoms with Crippen LogP contribution < -0.4 is 0 Å². The first-order valence-corrected chi connectivity index (χ1v) is 7.54. The summed E-state index contributed by atoms with van der Waals surface area (Å²) in [6, 6.07) is 10.2. The average Bonchev–Trinajstić information content (AvgIpc) is 2.47. The predicted octanol–water partition coefficient (Wildman–Crippen LogP) is 2.57. The van der Waals surface area contributed by atoms with Crippen molar-refractivity contribution in [3.63, 3.8) is 0 Å². The number of methoxy groups -OCH3 is 3. The molecule has 2 rings (SSSR count). The van der Waals surface area contributed by atoms with E-state index in [0.717, 1.165) is 4.90 Å². The Balaban J connectivity index is 2.15. The van der Waals surface area contributed by atoms with Gasteiger partial charge in [-0.2, -0.15) is 0 Å². The molecule has 1 fully saturated rings. The van der Waals surface area contributed by atoms with E-state index in [1.165, 1.54) is 0 Å². The highest BCUT2D eigenvalue weighted by Crippen LogP contribution is 2.36. The number of hydrogen-bond acceptors (Lipinski definition) is 5. The molecule has 1 aliphatic rings. The Labute approximate surface area is 124 Å². The molecule has 0 bridgehead atoms. The maximum Gasteiger partial charge on any atom is 0.136 e. The predicted molar refractivity (Wildman–Crippen MR) is 79.0 cm³/mol. The molecule has 0 amide bonds. The molecule has 1 heterocycles. The summed E-state index contributed by atoms with van der Waals surface area (Å²) < 4.78 is 22.8. The molecule has 112 valence electrons. The van der Waals surface area contributed by atoms with Gasteiger partial charge >= 0.3 is 0 Å². The number of rotatable bonds is 5. The van der Waals surface area contributed by atoms with Crippen molar-refractivity contribution in [1.82, 2.24) is 0 Å². The van der Waals surface area contributed by atoms with Crippen LogP contribution in [-0.2, 0) is 18.9 Å². The molecule has 0 aliphatic carbocycles. The lowest BCUT2D eigenvalue weighted by Gasteiger charge is -2.43. The molecule has 1 saturated heterocycles. The van der Waals surface area contributed by atoms with Gasteiger partial charge in [0, 0.05) is 26.2 Å². The van der Waals surface area contributed by atoms with Crippen LogP contribution in [0.25, 0.3) is 0 Å². The van der Waals surface area contributed by atoms with Gasteiger partial charge in [-0.25, -0.2) is 0 Å². The molecule has 1 aromatic rings. The van der Waals surface area contributed by atoms with Crippen molar-refractivity contribution in [2.45, 2.75) is 41.7 Å². The van der Waals surface area contributed by atoms with Gasteiger partial charge in [0.1, 0.15) is 23.7 Å². The first-order chi connectivity index (χ1) is 9.71. The summed E-state index contributed by atoms with van der Waals surface area (Å²) in [6.45, 7) is 2.00. The molecule has 0 radical (unpaired) electrons. The third kappa shape index (κ3) is 3.35. The minimum atomic E-state index is -0.175. The summed E-state index contributed by atoms with van der Waals surface area (Å²) >= 11 is 1.65. The number of benzene rings is 1. The van der Waals surface area contributed by atoms with Crippen molar-refractivity contribution in [3.8, 4) is 0 Å². The lowest BCUT2D eigenvalue weighted by molar-refractivity contribution is -0.216. The molecule has 20 heavy (non-hydrogen) atoms. The van der Waals surface area contributed by atoms with Crippen LogP contribution in [0.2, 0.25) is 0 Å². The molecule has 1 aliphatic heterocycles. The zero-order valence-electron chi connectivity index (χ0n) is 12.3. The zero-order valence-corrected chi connectivity index (χ0v) is 13.1. The van der Waals surface area contributed by atoms with Crippen LogP contribution in [0.5, 0.6) is 0 Å². The SMILES string of the molecule is CO[C@H]1[C@@H](OC)[C@@H](Sc2ccccc2)O[C@@H](C)[C@H]1OC. The summed E-state index contributed by atoms with van der Waals surface area (Å²) in [4.78, 5) is 1.15. The first kappa shape index (κ1) is 15.8. The third-order valence-electron chi connectivity index (χ3n) is 3.54. The van der Waals surface area contributed by atoms with Crippen molar-refractivity contribution in [2.24, 2.45) is 0 Å². The fraction of sp³-hybridized carbons (Fsp3) is 0.600. The summed E-state index contributed by atoms with van der Waals surface area (Å²) in [5, 5.41) is 0. The van der Waals surface area contributed by atoms with Gasteiger partial charge in [-0.05, 0) is 19.1 Å². The Morgan fingerprint density at radius 1 is 0.900 bits per heavy atom. The topological polar surface area (TPSA) is 36.9 Å². The van der Waals surface area contributed by atoms with Gasteiger partial charge in [0.25, 0.3) is 0 Å². The Morgan fingerprint density at radius 3 is 2.05 bits per heavy atom. The Morgan fingerprint density at radius 2 is 1.50 bits per heavy atom. The summed E-state index contributed by atoms with van der Waals surface area (Å²) in [5.74, 6) is 0. The molecule has 0 unspecified atom stereocenters. The molecular formula is C15H22O4S. The second kappa shape index (κ2) is 7.43. The van der Waals surface area contributed by atoms with E-state index < -0.39 is 0 Å². The largest absolute Gasteiger partial charge is 0.376 e. The van der Waals surface area contributed by atoms with Crippen LogP contribution in [0, 0.1) is 0 Å². The van der Waals surface area contributed by atoms with E-state index in [1.807, 2.05) is 25.1 Å². The summed E-state index contributed by atoms with van der Waals surface area (Å²) in [7, 11) is 5.04. The minimum Gasteiger partial charge on any atom is -0.376 e. The molecule has 5 heteroatoms. The summed E-state index contributed by atoms with van der Waals surface area (Å²) in [5.41, 5.74) is -0.117. The molecular weight excluding hydrogens is 276 g/mol. The van der Waals surface area contributed by atoms with E-state index in [0.29, 0.717) is 0 Å². The molecule has 0 saturated carbocycles. The van der Waals surface area contributed by atoms with Crippen LogP contribution >= 0.6 is 11.8 Å². The normalized spacial score (nSPS) is 34.1. The van der Waals surface area contributed by atoms with Crippen LogP contribution in [-0.4, -0.2) is 51.2 Å². The van der Waals surface area contributed by atoms with Crippen molar-refractivity contribution in [3.05, 3.63) is 30.3 Å². The highest BCUT2D eigenvalue weighted by molar-refractivity contribution is 7.99. The smallest absolute Gasteiger partial charge is 0.136 e. The highest BCUT2D eigenvalue weighted by Gasteiger charge is 2.45. The fourth-order valence-corrected chi connectivity index (χ4v) is 3.76. The second-order valence-electron chi connectivity index (χ2n) is 4.74. The van der Waals surface area contributed by atoms with E-state index in [2.05, 4.69) is 12.1 Å². The lowest BCUT2D eigenvalue weighted by atomic mass is 10.0. The van der Waals surface area contributed by atoms with Gasteiger partial charge < -0.3 is 18.9 Å². The molecule has 0 spiro atoms. The van der Waals surface area contributed by atoms with Gasteiger partial charge in [0.15, 0.2) is 0 Å². The first-order valence-electron chi connectivity index (χ1n) is 6.66. The van der Waals surface area contributed by atoms with E-state index in [9.17, 15) is 0 Å². The molecule has 0 aromatic heterocycles. The molecule has 0 N–H and O–H groups in total. The monoisotopic (exact) mass is 298 g/mol. The maximum atomic E-state index is 6.06. The van der Waals surface area contributed by atoms with Crippen molar-refractivity contribution in [2.75, 3.05) is 21.3 Å². The number of hydrogen-bond donors (Lipinski definition) is 0. The Kier molecular flexibility index (Phi) is 5.86. The lowest BCUT2D eigenvalue weighted by Crippen LogP contribution is -2.57. The fourth-order valence-electron chi connectivity index (χ4n) is 2.54. The zero-order chi connectivity index (χ0) is 14.5.